The van der Waals surface area contributed by atoms with Crippen molar-refractivity contribution >= 4 is 15.9 Å². The molecule has 0 saturated carbocycles. The number of hydrogen-bond acceptors (Lipinski definition) is 2. The van der Waals surface area contributed by atoms with Gasteiger partial charge in [-0.15, -0.1) is 0 Å². The van der Waals surface area contributed by atoms with Gasteiger partial charge in [-0.05, 0) is 35.6 Å². The van der Waals surface area contributed by atoms with Gasteiger partial charge in [0, 0.05) is 11.1 Å². The highest BCUT2D eigenvalue weighted by Crippen LogP contribution is 2.32. The molecule has 0 heterocycles. The molecule has 0 aromatic heterocycles. The molecular weight excluding hydrogens is 256 g/mol. The molecule has 0 aliphatic carbocycles. The summed E-state index contributed by atoms with van der Waals surface area (Å²) in [5.41, 5.74) is 2.27. The lowest BCUT2D eigenvalue weighted by atomic mass is 10.00. The van der Waals surface area contributed by atoms with Crippen molar-refractivity contribution in [3.8, 4) is 5.75 Å². The second kappa shape index (κ2) is 5.52. The standard InChI is InChI=1S/C12H17BrO2/c1-8(2)10-7-12(15-3)9(4-5-14)6-11(10)13/h6-8,14H,4-5H2,1-3H3. The zero-order valence-corrected chi connectivity index (χ0v) is 11.0. The van der Waals surface area contributed by atoms with Crippen molar-refractivity contribution in [3.63, 3.8) is 0 Å². The van der Waals surface area contributed by atoms with Gasteiger partial charge in [0.25, 0.3) is 0 Å². The number of methoxy groups -OCH3 is 1. The van der Waals surface area contributed by atoms with Crippen LogP contribution in [0.15, 0.2) is 16.6 Å². The largest absolute Gasteiger partial charge is 0.496 e. The second-order valence-electron chi connectivity index (χ2n) is 3.81. The number of rotatable bonds is 4. The van der Waals surface area contributed by atoms with Gasteiger partial charge in [0.05, 0.1) is 7.11 Å². The first-order valence-electron chi connectivity index (χ1n) is 5.07. The van der Waals surface area contributed by atoms with Crippen LogP contribution in [0.3, 0.4) is 0 Å². The van der Waals surface area contributed by atoms with Gasteiger partial charge in [0.1, 0.15) is 5.75 Å². The number of hydrogen-bond donors (Lipinski definition) is 1. The first-order chi connectivity index (χ1) is 7.10. The summed E-state index contributed by atoms with van der Waals surface area (Å²) in [5, 5.41) is 8.94. The summed E-state index contributed by atoms with van der Waals surface area (Å²) in [6.45, 7) is 4.43. The molecule has 15 heavy (non-hydrogen) atoms. The van der Waals surface area contributed by atoms with Gasteiger partial charge in [-0.3, -0.25) is 0 Å². The summed E-state index contributed by atoms with van der Waals surface area (Å²) in [5.74, 6) is 1.31. The summed E-state index contributed by atoms with van der Waals surface area (Å²) in [6.07, 6.45) is 0.625. The molecule has 1 N–H and O–H groups in total. The topological polar surface area (TPSA) is 29.5 Å². The average molecular weight is 273 g/mol. The molecule has 0 amide bonds. The number of aliphatic hydroxyl groups excluding tert-OH is 1. The summed E-state index contributed by atoms with van der Waals surface area (Å²) in [4.78, 5) is 0. The Morgan fingerprint density at radius 1 is 1.40 bits per heavy atom. The van der Waals surface area contributed by atoms with Gasteiger partial charge in [0.15, 0.2) is 0 Å². The fourth-order valence-electron chi connectivity index (χ4n) is 1.56. The summed E-state index contributed by atoms with van der Waals surface area (Å²) < 4.78 is 6.40. The maximum atomic E-state index is 8.94. The van der Waals surface area contributed by atoms with E-state index in [1.807, 2.05) is 12.1 Å². The number of ether oxygens (including phenoxy) is 1. The van der Waals surface area contributed by atoms with E-state index >= 15 is 0 Å². The van der Waals surface area contributed by atoms with Gasteiger partial charge >= 0.3 is 0 Å². The van der Waals surface area contributed by atoms with E-state index in [2.05, 4.69) is 29.8 Å². The van der Waals surface area contributed by atoms with Gasteiger partial charge in [-0.1, -0.05) is 29.8 Å². The van der Waals surface area contributed by atoms with Crippen LogP contribution in [0.1, 0.15) is 30.9 Å². The Morgan fingerprint density at radius 3 is 2.53 bits per heavy atom. The van der Waals surface area contributed by atoms with Crippen LogP contribution in [0, 0.1) is 0 Å². The van der Waals surface area contributed by atoms with E-state index in [0.29, 0.717) is 12.3 Å². The predicted molar refractivity (Wildman–Crippen MR) is 65.6 cm³/mol. The minimum Gasteiger partial charge on any atom is -0.496 e. The quantitative estimate of drug-likeness (QED) is 0.913. The molecule has 1 rings (SSSR count). The third kappa shape index (κ3) is 2.95. The lowest BCUT2D eigenvalue weighted by Gasteiger charge is -2.14. The molecule has 0 radical (unpaired) electrons. The maximum absolute atomic E-state index is 8.94. The SMILES string of the molecule is COc1cc(C(C)C)c(Br)cc1CCO. The minimum atomic E-state index is 0.143. The van der Waals surface area contributed by atoms with Crippen molar-refractivity contribution in [1.29, 1.82) is 0 Å². The van der Waals surface area contributed by atoms with Gasteiger partial charge < -0.3 is 9.84 Å². The van der Waals surface area contributed by atoms with E-state index in [0.717, 1.165) is 15.8 Å². The highest BCUT2D eigenvalue weighted by atomic mass is 79.9. The normalized spacial score (nSPS) is 10.8. The Kier molecular flexibility index (Phi) is 4.61. The van der Waals surface area contributed by atoms with E-state index in [-0.39, 0.29) is 6.61 Å². The molecule has 2 nitrogen and oxygen atoms in total. The Labute approximate surface area is 99.4 Å². The van der Waals surface area contributed by atoms with E-state index in [9.17, 15) is 0 Å². The summed E-state index contributed by atoms with van der Waals surface area (Å²) in [6, 6.07) is 4.07. The third-order valence-corrected chi connectivity index (χ3v) is 3.09. The number of benzene rings is 1. The van der Waals surface area contributed by atoms with Crippen LogP contribution in [0.2, 0.25) is 0 Å². The van der Waals surface area contributed by atoms with E-state index in [4.69, 9.17) is 9.84 Å². The molecule has 0 aliphatic heterocycles. The molecule has 0 bridgehead atoms. The number of aliphatic hydroxyl groups is 1. The summed E-state index contributed by atoms with van der Waals surface area (Å²) >= 11 is 3.54. The Balaban J connectivity index is 3.16. The molecule has 0 saturated heterocycles. The van der Waals surface area contributed by atoms with Crippen LogP contribution in [-0.2, 0) is 6.42 Å². The lowest BCUT2D eigenvalue weighted by molar-refractivity contribution is 0.296. The van der Waals surface area contributed by atoms with Crippen molar-refractivity contribution in [3.05, 3.63) is 27.7 Å². The maximum Gasteiger partial charge on any atom is 0.122 e. The highest BCUT2D eigenvalue weighted by molar-refractivity contribution is 9.10. The van der Waals surface area contributed by atoms with Crippen molar-refractivity contribution in [2.45, 2.75) is 26.2 Å². The molecule has 1 aromatic rings. The molecule has 3 heteroatoms. The number of halogens is 1. The lowest BCUT2D eigenvalue weighted by Crippen LogP contribution is -1.99. The Bertz CT molecular complexity index is 335. The van der Waals surface area contributed by atoms with E-state index < -0.39 is 0 Å². The molecule has 84 valence electrons. The van der Waals surface area contributed by atoms with Crippen molar-refractivity contribution in [1.82, 2.24) is 0 Å². The van der Waals surface area contributed by atoms with Crippen molar-refractivity contribution in [2.24, 2.45) is 0 Å². The minimum absolute atomic E-state index is 0.143. The van der Waals surface area contributed by atoms with Crippen LogP contribution in [0.25, 0.3) is 0 Å². The Morgan fingerprint density at radius 2 is 2.07 bits per heavy atom. The monoisotopic (exact) mass is 272 g/mol. The molecule has 0 fully saturated rings. The van der Waals surface area contributed by atoms with Crippen molar-refractivity contribution in [2.75, 3.05) is 13.7 Å². The molecule has 1 aromatic carbocycles. The average Bonchev–Trinajstić information content (AvgIpc) is 2.18. The molecule has 0 spiro atoms. The van der Waals surface area contributed by atoms with Gasteiger partial charge in [-0.2, -0.15) is 0 Å². The van der Waals surface area contributed by atoms with E-state index in [1.165, 1.54) is 5.56 Å². The first kappa shape index (κ1) is 12.5. The Hall–Kier alpha value is -0.540. The predicted octanol–water partition coefficient (Wildman–Crippen LogP) is 3.12. The third-order valence-electron chi connectivity index (χ3n) is 2.40. The summed E-state index contributed by atoms with van der Waals surface area (Å²) in [7, 11) is 1.66. The smallest absolute Gasteiger partial charge is 0.122 e. The van der Waals surface area contributed by atoms with Crippen LogP contribution in [-0.4, -0.2) is 18.8 Å². The van der Waals surface area contributed by atoms with Gasteiger partial charge in [0.2, 0.25) is 0 Å². The first-order valence-corrected chi connectivity index (χ1v) is 5.86. The zero-order valence-electron chi connectivity index (χ0n) is 9.38. The second-order valence-corrected chi connectivity index (χ2v) is 4.67. The molecule has 0 unspecified atom stereocenters. The van der Waals surface area contributed by atoms with Crippen molar-refractivity contribution < 1.29 is 9.84 Å². The highest BCUT2D eigenvalue weighted by Gasteiger charge is 2.10. The van der Waals surface area contributed by atoms with Crippen LogP contribution in [0.5, 0.6) is 5.75 Å². The zero-order chi connectivity index (χ0) is 11.4. The van der Waals surface area contributed by atoms with Crippen LogP contribution in [0.4, 0.5) is 0 Å². The fourth-order valence-corrected chi connectivity index (χ4v) is 2.41. The fraction of sp³-hybridized carbons (Fsp3) is 0.500. The van der Waals surface area contributed by atoms with Crippen LogP contribution < -0.4 is 4.74 Å². The molecular formula is C12H17BrO2. The van der Waals surface area contributed by atoms with Gasteiger partial charge in [-0.25, -0.2) is 0 Å². The molecule has 0 aliphatic rings. The van der Waals surface area contributed by atoms with Crippen LogP contribution >= 0.6 is 15.9 Å². The van der Waals surface area contributed by atoms with E-state index in [1.54, 1.807) is 7.11 Å². The molecule has 0 atom stereocenters.